The summed E-state index contributed by atoms with van der Waals surface area (Å²) in [6, 6.07) is 0. The third-order valence-electron chi connectivity index (χ3n) is 2.43. The monoisotopic (exact) mass is 187 g/mol. The molecule has 78 valence electrons. The summed E-state index contributed by atoms with van der Waals surface area (Å²) in [5, 5.41) is 11.8. The molecule has 0 saturated carbocycles. The van der Waals surface area contributed by atoms with Crippen molar-refractivity contribution < 1.29 is 9.90 Å². The van der Waals surface area contributed by atoms with E-state index < -0.39 is 5.97 Å². The molecule has 0 aliphatic carbocycles. The predicted octanol–water partition coefficient (Wildman–Crippen LogP) is 1.73. The molecule has 0 heterocycles. The average molecular weight is 187 g/mol. The Morgan fingerprint density at radius 1 is 1.54 bits per heavy atom. The zero-order valence-corrected chi connectivity index (χ0v) is 9.05. The van der Waals surface area contributed by atoms with Crippen LogP contribution >= 0.6 is 0 Å². The fourth-order valence-corrected chi connectivity index (χ4v) is 0.839. The summed E-state index contributed by atoms with van der Waals surface area (Å²) in [5.74, 6) is -1.03. The van der Waals surface area contributed by atoms with Crippen LogP contribution in [0.2, 0.25) is 0 Å². The van der Waals surface area contributed by atoms with E-state index in [-0.39, 0.29) is 11.3 Å². The number of hydrogen-bond acceptors (Lipinski definition) is 2. The Morgan fingerprint density at radius 3 is 2.46 bits per heavy atom. The van der Waals surface area contributed by atoms with Gasteiger partial charge in [-0.25, -0.2) is 0 Å². The number of carboxylic acids is 1. The summed E-state index contributed by atoms with van der Waals surface area (Å²) in [6.07, 6.45) is 1.10. The smallest absolute Gasteiger partial charge is 0.307 e. The highest BCUT2D eigenvalue weighted by Crippen LogP contribution is 2.17. The summed E-state index contributed by atoms with van der Waals surface area (Å²) in [7, 11) is 0. The van der Waals surface area contributed by atoms with Gasteiger partial charge in [-0.2, -0.15) is 0 Å². The molecule has 1 unspecified atom stereocenters. The third kappa shape index (κ3) is 5.64. The molecular weight excluding hydrogens is 166 g/mol. The second-order valence-corrected chi connectivity index (χ2v) is 4.39. The molecule has 0 aliphatic heterocycles. The molecule has 2 N–H and O–H groups in total. The van der Waals surface area contributed by atoms with Crippen molar-refractivity contribution in [2.75, 3.05) is 13.1 Å². The van der Waals surface area contributed by atoms with Gasteiger partial charge in [-0.15, -0.1) is 0 Å². The van der Waals surface area contributed by atoms with Crippen molar-refractivity contribution in [3.8, 4) is 0 Å². The number of carboxylic acid groups (broad SMARTS) is 1. The van der Waals surface area contributed by atoms with E-state index in [0.717, 1.165) is 13.0 Å². The van der Waals surface area contributed by atoms with Crippen LogP contribution in [0.15, 0.2) is 0 Å². The molecule has 3 nitrogen and oxygen atoms in total. The first-order valence-corrected chi connectivity index (χ1v) is 4.82. The molecule has 0 spiro atoms. The van der Waals surface area contributed by atoms with Crippen molar-refractivity contribution in [3.63, 3.8) is 0 Å². The predicted molar refractivity (Wildman–Crippen MR) is 53.7 cm³/mol. The fraction of sp³-hybridized carbons (Fsp3) is 0.900. The molecule has 0 aromatic heterocycles. The SMILES string of the molecule is CCC(C)(C)CNCC(C)C(=O)O. The Labute approximate surface area is 80.5 Å². The molecule has 0 aromatic rings. The van der Waals surface area contributed by atoms with Gasteiger partial charge in [0.25, 0.3) is 0 Å². The molecule has 0 aliphatic rings. The van der Waals surface area contributed by atoms with Gasteiger partial charge in [0.1, 0.15) is 0 Å². The number of rotatable bonds is 6. The van der Waals surface area contributed by atoms with E-state index in [0.29, 0.717) is 6.54 Å². The molecule has 0 rings (SSSR count). The van der Waals surface area contributed by atoms with E-state index in [2.05, 4.69) is 26.1 Å². The van der Waals surface area contributed by atoms with Crippen molar-refractivity contribution in [2.45, 2.75) is 34.1 Å². The Hall–Kier alpha value is -0.570. The quantitative estimate of drug-likeness (QED) is 0.666. The van der Waals surface area contributed by atoms with E-state index in [1.54, 1.807) is 6.92 Å². The molecule has 0 aromatic carbocycles. The van der Waals surface area contributed by atoms with Crippen LogP contribution in [-0.4, -0.2) is 24.2 Å². The second kappa shape index (κ2) is 5.22. The molecule has 0 amide bonds. The van der Waals surface area contributed by atoms with Crippen molar-refractivity contribution in [3.05, 3.63) is 0 Å². The molecule has 1 atom stereocenters. The van der Waals surface area contributed by atoms with Crippen LogP contribution in [0.3, 0.4) is 0 Å². The summed E-state index contributed by atoms with van der Waals surface area (Å²) in [6.45, 7) is 9.63. The molecule has 0 fully saturated rings. The van der Waals surface area contributed by atoms with E-state index >= 15 is 0 Å². The Morgan fingerprint density at radius 2 is 2.08 bits per heavy atom. The first kappa shape index (κ1) is 12.4. The summed E-state index contributed by atoms with van der Waals surface area (Å²) in [5.41, 5.74) is 0.262. The van der Waals surface area contributed by atoms with Gasteiger partial charge in [0.05, 0.1) is 5.92 Å². The van der Waals surface area contributed by atoms with Crippen molar-refractivity contribution >= 4 is 5.97 Å². The number of nitrogens with one attached hydrogen (secondary N) is 1. The third-order valence-corrected chi connectivity index (χ3v) is 2.43. The minimum Gasteiger partial charge on any atom is -0.481 e. The lowest BCUT2D eigenvalue weighted by Crippen LogP contribution is -2.33. The molecule has 0 bridgehead atoms. The van der Waals surface area contributed by atoms with Crippen LogP contribution in [0, 0.1) is 11.3 Å². The summed E-state index contributed by atoms with van der Waals surface area (Å²) in [4.78, 5) is 10.5. The van der Waals surface area contributed by atoms with Crippen molar-refractivity contribution in [1.29, 1.82) is 0 Å². The van der Waals surface area contributed by atoms with Gasteiger partial charge in [0, 0.05) is 13.1 Å². The lowest BCUT2D eigenvalue weighted by molar-refractivity contribution is -0.140. The lowest BCUT2D eigenvalue weighted by atomic mass is 9.90. The fourth-order valence-electron chi connectivity index (χ4n) is 0.839. The van der Waals surface area contributed by atoms with Crippen LogP contribution in [0.1, 0.15) is 34.1 Å². The topological polar surface area (TPSA) is 49.3 Å². The molecular formula is C10H21NO2. The molecule has 0 saturated heterocycles. The normalized spacial score (nSPS) is 14.2. The lowest BCUT2D eigenvalue weighted by Gasteiger charge is -2.23. The van der Waals surface area contributed by atoms with E-state index in [9.17, 15) is 4.79 Å². The second-order valence-electron chi connectivity index (χ2n) is 4.39. The largest absolute Gasteiger partial charge is 0.481 e. The van der Waals surface area contributed by atoms with Crippen molar-refractivity contribution in [1.82, 2.24) is 5.32 Å². The van der Waals surface area contributed by atoms with Gasteiger partial charge in [-0.05, 0) is 11.8 Å². The van der Waals surface area contributed by atoms with Gasteiger partial charge < -0.3 is 10.4 Å². The maximum absolute atomic E-state index is 10.5. The van der Waals surface area contributed by atoms with Gasteiger partial charge in [0.2, 0.25) is 0 Å². The van der Waals surface area contributed by atoms with E-state index in [1.165, 1.54) is 0 Å². The average Bonchev–Trinajstić information content (AvgIpc) is 2.04. The summed E-state index contributed by atoms with van der Waals surface area (Å²) < 4.78 is 0. The summed E-state index contributed by atoms with van der Waals surface area (Å²) >= 11 is 0. The minimum absolute atomic E-state index is 0.262. The zero-order valence-electron chi connectivity index (χ0n) is 9.05. The maximum Gasteiger partial charge on any atom is 0.307 e. The first-order valence-electron chi connectivity index (χ1n) is 4.82. The minimum atomic E-state index is -0.734. The van der Waals surface area contributed by atoms with Crippen LogP contribution in [0.25, 0.3) is 0 Å². The van der Waals surface area contributed by atoms with Gasteiger partial charge in [-0.3, -0.25) is 4.79 Å². The van der Waals surface area contributed by atoms with Crippen LogP contribution in [0.4, 0.5) is 0 Å². The molecule has 0 radical (unpaired) electrons. The standard InChI is InChI=1S/C10H21NO2/c1-5-10(3,4)7-11-6-8(2)9(12)13/h8,11H,5-7H2,1-4H3,(H,12,13). The number of aliphatic carboxylic acids is 1. The number of hydrogen-bond donors (Lipinski definition) is 2. The van der Waals surface area contributed by atoms with Crippen LogP contribution in [0.5, 0.6) is 0 Å². The first-order chi connectivity index (χ1) is 5.89. The van der Waals surface area contributed by atoms with E-state index in [1.807, 2.05) is 0 Å². The molecule has 13 heavy (non-hydrogen) atoms. The zero-order chi connectivity index (χ0) is 10.5. The van der Waals surface area contributed by atoms with Crippen LogP contribution < -0.4 is 5.32 Å². The Kier molecular flexibility index (Phi) is 4.99. The Bertz CT molecular complexity index is 166. The maximum atomic E-state index is 10.5. The highest BCUT2D eigenvalue weighted by atomic mass is 16.4. The van der Waals surface area contributed by atoms with E-state index in [4.69, 9.17) is 5.11 Å². The Balaban J connectivity index is 3.62. The van der Waals surface area contributed by atoms with Gasteiger partial charge in [0.15, 0.2) is 0 Å². The van der Waals surface area contributed by atoms with Crippen molar-refractivity contribution in [2.24, 2.45) is 11.3 Å². The highest BCUT2D eigenvalue weighted by Gasteiger charge is 2.16. The van der Waals surface area contributed by atoms with Gasteiger partial charge in [-0.1, -0.05) is 27.7 Å². The highest BCUT2D eigenvalue weighted by molar-refractivity contribution is 5.69. The number of carbonyl (C=O) groups is 1. The van der Waals surface area contributed by atoms with Gasteiger partial charge >= 0.3 is 5.97 Å². The van der Waals surface area contributed by atoms with Crippen LogP contribution in [-0.2, 0) is 4.79 Å². The molecule has 3 heteroatoms.